The van der Waals surface area contributed by atoms with Crippen LogP contribution in [0.2, 0.25) is 0 Å². The molecule has 2 atom stereocenters. The predicted molar refractivity (Wildman–Crippen MR) is 75.9 cm³/mol. The first-order valence-electron chi connectivity index (χ1n) is 6.38. The van der Waals surface area contributed by atoms with Crippen molar-refractivity contribution in [2.75, 3.05) is 19.0 Å². The molecule has 0 fully saturated rings. The Balaban J connectivity index is 2.41. The molecule has 94 valence electrons. The van der Waals surface area contributed by atoms with E-state index in [2.05, 4.69) is 47.1 Å². The summed E-state index contributed by atoms with van der Waals surface area (Å²) in [5, 5.41) is 1.03. The third-order valence-electron chi connectivity index (χ3n) is 4.22. The van der Waals surface area contributed by atoms with Crippen LogP contribution in [0.5, 0.6) is 0 Å². The third-order valence-corrected chi connectivity index (χ3v) is 5.22. The van der Waals surface area contributed by atoms with E-state index in [9.17, 15) is 0 Å². The highest BCUT2D eigenvalue weighted by Gasteiger charge is 2.40. The van der Waals surface area contributed by atoms with Gasteiger partial charge in [-0.25, -0.2) is 0 Å². The molecular weight excluding hydrogens is 276 g/mol. The molecule has 0 spiro atoms. The van der Waals surface area contributed by atoms with Gasteiger partial charge < -0.3 is 4.74 Å². The van der Waals surface area contributed by atoms with Crippen LogP contribution < -0.4 is 0 Å². The summed E-state index contributed by atoms with van der Waals surface area (Å²) in [6.07, 6.45) is 3.78. The molecule has 2 heteroatoms. The average molecular weight is 297 g/mol. The summed E-state index contributed by atoms with van der Waals surface area (Å²) in [5.74, 6) is 0.549. The lowest BCUT2D eigenvalue weighted by Gasteiger charge is -2.42. The predicted octanol–water partition coefficient (Wildman–Crippen LogP) is 3.94. The van der Waals surface area contributed by atoms with Gasteiger partial charge in [-0.1, -0.05) is 47.1 Å². The summed E-state index contributed by atoms with van der Waals surface area (Å²) in [5.41, 5.74) is 3.32. The molecule has 1 aromatic rings. The van der Waals surface area contributed by atoms with E-state index in [1.807, 2.05) is 0 Å². The molecule has 2 unspecified atom stereocenters. The van der Waals surface area contributed by atoms with Crippen molar-refractivity contribution in [2.45, 2.75) is 31.6 Å². The van der Waals surface area contributed by atoms with Crippen LogP contribution in [0.25, 0.3) is 0 Å². The summed E-state index contributed by atoms with van der Waals surface area (Å²) in [7, 11) is 1.80. The van der Waals surface area contributed by atoms with Gasteiger partial charge in [-0.15, -0.1) is 0 Å². The van der Waals surface area contributed by atoms with E-state index in [1.165, 1.54) is 30.4 Å². The molecule has 0 amide bonds. The molecule has 17 heavy (non-hydrogen) atoms. The highest BCUT2D eigenvalue weighted by molar-refractivity contribution is 9.09. The van der Waals surface area contributed by atoms with E-state index < -0.39 is 0 Å². The topological polar surface area (TPSA) is 9.23 Å². The minimum absolute atomic E-state index is 0.255. The van der Waals surface area contributed by atoms with Crippen LogP contribution in [0, 0.1) is 5.92 Å². The fourth-order valence-electron chi connectivity index (χ4n) is 3.14. The number of ether oxygens (including phenoxy) is 1. The molecule has 0 N–H and O–H groups in total. The van der Waals surface area contributed by atoms with Crippen molar-refractivity contribution in [1.29, 1.82) is 0 Å². The maximum Gasteiger partial charge on any atom is 0.0496 e. The lowest BCUT2D eigenvalue weighted by molar-refractivity contribution is 0.113. The van der Waals surface area contributed by atoms with E-state index in [1.54, 1.807) is 7.11 Å². The molecule has 0 bridgehead atoms. The number of hydrogen-bond donors (Lipinski definition) is 0. The summed E-state index contributed by atoms with van der Waals surface area (Å²) in [4.78, 5) is 0. The second-order valence-electron chi connectivity index (χ2n) is 5.16. The van der Waals surface area contributed by atoms with Crippen molar-refractivity contribution in [3.05, 3.63) is 35.4 Å². The van der Waals surface area contributed by atoms with Crippen molar-refractivity contribution in [3.63, 3.8) is 0 Å². The molecule has 0 saturated heterocycles. The van der Waals surface area contributed by atoms with Gasteiger partial charge >= 0.3 is 0 Å². The van der Waals surface area contributed by atoms with Crippen molar-refractivity contribution >= 4 is 15.9 Å². The minimum atomic E-state index is 0.255. The molecule has 1 aromatic carbocycles. The summed E-state index contributed by atoms with van der Waals surface area (Å²) in [6.45, 7) is 3.15. The number of rotatable bonds is 4. The number of benzene rings is 1. The van der Waals surface area contributed by atoms with Gasteiger partial charge in [0.25, 0.3) is 0 Å². The lowest BCUT2D eigenvalue weighted by Crippen LogP contribution is -2.41. The highest BCUT2D eigenvalue weighted by atomic mass is 79.9. The van der Waals surface area contributed by atoms with Gasteiger partial charge in [0.1, 0.15) is 0 Å². The first-order valence-corrected chi connectivity index (χ1v) is 7.50. The van der Waals surface area contributed by atoms with Crippen LogP contribution in [0.15, 0.2) is 24.3 Å². The number of methoxy groups -OCH3 is 1. The maximum atomic E-state index is 5.38. The Hall–Kier alpha value is -0.340. The molecule has 0 aromatic heterocycles. The first kappa shape index (κ1) is 13.1. The first-order chi connectivity index (χ1) is 8.24. The number of fused-ring (bicyclic) bond motifs is 1. The molecule has 1 aliphatic carbocycles. The fourth-order valence-corrected chi connectivity index (χ4v) is 4.28. The zero-order valence-electron chi connectivity index (χ0n) is 10.7. The Bertz CT molecular complexity index is 377. The minimum Gasteiger partial charge on any atom is -0.384 e. The molecule has 2 rings (SSSR count). The van der Waals surface area contributed by atoms with Gasteiger partial charge in [0.15, 0.2) is 0 Å². The van der Waals surface area contributed by atoms with Crippen molar-refractivity contribution in [1.82, 2.24) is 0 Å². The summed E-state index contributed by atoms with van der Waals surface area (Å²) in [6, 6.07) is 8.92. The Labute approximate surface area is 113 Å². The maximum absolute atomic E-state index is 5.38. The Morgan fingerprint density at radius 3 is 2.88 bits per heavy atom. The van der Waals surface area contributed by atoms with Crippen LogP contribution in [0.3, 0.4) is 0 Å². The highest BCUT2D eigenvalue weighted by Crippen LogP contribution is 2.44. The molecular formula is C15H21BrO. The van der Waals surface area contributed by atoms with Crippen molar-refractivity contribution < 1.29 is 4.74 Å². The zero-order chi connectivity index (χ0) is 12.3. The smallest absolute Gasteiger partial charge is 0.0496 e. The molecule has 1 nitrogen and oxygen atoms in total. The number of aryl methyl sites for hydroxylation is 1. The van der Waals surface area contributed by atoms with Gasteiger partial charge in [0, 0.05) is 24.5 Å². The average Bonchev–Trinajstić information content (AvgIpc) is 2.38. The van der Waals surface area contributed by atoms with Crippen molar-refractivity contribution in [3.8, 4) is 0 Å². The van der Waals surface area contributed by atoms with Crippen LogP contribution >= 0.6 is 15.9 Å². The molecule has 0 aliphatic heterocycles. The Morgan fingerprint density at radius 2 is 2.18 bits per heavy atom. The SMILES string of the molecule is COCC(C)C1(CBr)CCCc2ccccc21. The quantitative estimate of drug-likeness (QED) is 0.765. The van der Waals surface area contributed by atoms with E-state index >= 15 is 0 Å². The van der Waals surface area contributed by atoms with Gasteiger partial charge in [-0.3, -0.25) is 0 Å². The second-order valence-corrected chi connectivity index (χ2v) is 5.72. The van der Waals surface area contributed by atoms with Crippen LogP contribution in [0.1, 0.15) is 30.9 Å². The summed E-state index contributed by atoms with van der Waals surface area (Å²) >= 11 is 3.75. The summed E-state index contributed by atoms with van der Waals surface area (Å²) < 4.78 is 5.38. The molecule has 0 saturated carbocycles. The number of halogens is 1. The van der Waals surface area contributed by atoms with E-state index in [0.29, 0.717) is 5.92 Å². The standard InChI is InChI=1S/C15H21BrO/c1-12(10-17-2)15(11-16)9-5-7-13-6-3-4-8-14(13)15/h3-4,6,8,12H,5,7,9-11H2,1-2H3. The monoisotopic (exact) mass is 296 g/mol. The van der Waals surface area contributed by atoms with Gasteiger partial charge in [-0.2, -0.15) is 0 Å². The third kappa shape index (κ3) is 2.30. The van der Waals surface area contributed by atoms with E-state index in [0.717, 1.165) is 11.9 Å². The molecule has 0 heterocycles. The van der Waals surface area contributed by atoms with Crippen molar-refractivity contribution in [2.24, 2.45) is 5.92 Å². The van der Waals surface area contributed by atoms with Gasteiger partial charge in [-0.05, 0) is 36.3 Å². The van der Waals surface area contributed by atoms with Crippen LogP contribution in [-0.4, -0.2) is 19.0 Å². The Morgan fingerprint density at radius 1 is 1.41 bits per heavy atom. The molecule has 0 radical (unpaired) electrons. The lowest BCUT2D eigenvalue weighted by atomic mass is 9.65. The van der Waals surface area contributed by atoms with Gasteiger partial charge in [0.05, 0.1) is 0 Å². The normalized spacial score (nSPS) is 25.4. The number of hydrogen-bond acceptors (Lipinski definition) is 1. The van der Waals surface area contributed by atoms with Crippen LogP contribution in [0.4, 0.5) is 0 Å². The zero-order valence-corrected chi connectivity index (χ0v) is 12.3. The largest absolute Gasteiger partial charge is 0.384 e. The van der Waals surface area contributed by atoms with E-state index in [-0.39, 0.29) is 5.41 Å². The van der Waals surface area contributed by atoms with Crippen LogP contribution in [-0.2, 0) is 16.6 Å². The number of alkyl halides is 1. The Kier molecular flexibility index (Phi) is 4.26. The second kappa shape index (κ2) is 5.53. The molecule has 1 aliphatic rings. The van der Waals surface area contributed by atoms with E-state index in [4.69, 9.17) is 4.74 Å². The fraction of sp³-hybridized carbons (Fsp3) is 0.600. The van der Waals surface area contributed by atoms with Gasteiger partial charge in [0.2, 0.25) is 0 Å².